The fourth-order valence-corrected chi connectivity index (χ4v) is 4.04. The van der Waals surface area contributed by atoms with Crippen molar-refractivity contribution in [1.29, 1.82) is 0 Å². The van der Waals surface area contributed by atoms with Gasteiger partial charge in [-0.3, -0.25) is 4.79 Å². The highest BCUT2D eigenvalue weighted by Gasteiger charge is 2.27. The number of carboxylic acids is 1. The number of fused-ring (bicyclic) bond motifs is 1. The first-order chi connectivity index (χ1) is 14.6. The van der Waals surface area contributed by atoms with Crippen LogP contribution in [0.1, 0.15) is 50.8 Å². The lowest BCUT2D eigenvalue weighted by Crippen LogP contribution is -2.32. The molecule has 0 aliphatic heterocycles. The first-order valence-corrected chi connectivity index (χ1v) is 10.3. The maximum Gasteiger partial charge on any atom is 0.306 e. The molecule has 31 heavy (non-hydrogen) atoms. The summed E-state index contributed by atoms with van der Waals surface area (Å²) in [5.41, 5.74) is 2.15. The molecular formula is C25H28FNO4. The van der Waals surface area contributed by atoms with Crippen molar-refractivity contribution in [3.8, 4) is 5.69 Å². The Morgan fingerprint density at radius 1 is 1.16 bits per heavy atom. The standard InChI is InChI=1S/C25H28FNO4/c1-16(2)24-20-6-4-5-7-21(20)27(18-10-8-17(26)9-11-18)22(24)13-12-19(28)14-25(3,31)15-23(29)30/h4-13,16,19,28,31H,14-15H2,1-3H3,(H,29,30)/b13-12+. The minimum Gasteiger partial charge on any atom is -0.481 e. The Balaban J connectivity index is 2.09. The molecule has 2 aromatic carbocycles. The van der Waals surface area contributed by atoms with Crippen LogP contribution in [0, 0.1) is 5.82 Å². The smallest absolute Gasteiger partial charge is 0.306 e. The lowest BCUT2D eigenvalue weighted by Gasteiger charge is -2.22. The van der Waals surface area contributed by atoms with E-state index >= 15 is 0 Å². The molecule has 0 aliphatic carbocycles. The number of para-hydroxylation sites is 1. The summed E-state index contributed by atoms with van der Waals surface area (Å²) in [6.45, 7) is 5.57. The summed E-state index contributed by atoms with van der Waals surface area (Å²) in [7, 11) is 0. The van der Waals surface area contributed by atoms with E-state index in [1.54, 1.807) is 24.3 Å². The van der Waals surface area contributed by atoms with Crippen molar-refractivity contribution in [3.05, 3.63) is 71.7 Å². The van der Waals surface area contributed by atoms with Crippen LogP contribution in [0.25, 0.3) is 22.7 Å². The van der Waals surface area contributed by atoms with E-state index in [4.69, 9.17) is 5.11 Å². The molecule has 0 radical (unpaired) electrons. The molecule has 0 spiro atoms. The van der Waals surface area contributed by atoms with Gasteiger partial charge in [0.05, 0.1) is 29.3 Å². The average Bonchev–Trinajstić information content (AvgIpc) is 3.00. The third kappa shape index (κ3) is 5.21. The van der Waals surface area contributed by atoms with Crippen molar-refractivity contribution in [1.82, 2.24) is 4.57 Å². The number of hydrogen-bond donors (Lipinski definition) is 3. The van der Waals surface area contributed by atoms with E-state index in [9.17, 15) is 19.4 Å². The van der Waals surface area contributed by atoms with Crippen molar-refractivity contribution >= 4 is 22.9 Å². The molecule has 3 N–H and O–H groups in total. The highest BCUT2D eigenvalue weighted by Crippen LogP contribution is 2.35. The Bertz CT molecular complexity index is 1100. The zero-order valence-electron chi connectivity index (χ0n) is 17.9. The second kappa shape index (κ2) is 9.04. The van der Waals surface area contributed by atoms with Crippen LogP contribution in [0.2, 0.25) is 0 Å². The number of aliphatic hydroxyl groups is 2. The molecule has 0 amide bonds. The summed E-state index contributed by atoms with van der Waals surface area (Å²) < 4.78 is 15.5. The maximum atomic E-state index is 13.5. The van der Waals surface area contributed by atoms with Gasteiger partial charge in [0, 0.05) is 17.5 Å². The number of halogens is 1. The van der Waals surface area contributed by atoms with Crippen molar-refractivity contribution in [3.63, 3.8) is 0 Å². The SMILES string of the molecule is CC(C)c1c(/C=C/C(O)CC(C)(O)CC(=O)O)n(-c2ccc(F)cc2)c2ccccc12. The Morgan fingerprint density at radius 3 is 2.42 bits per heavy atom. The molecule has 2 atom stereocenters. The first-order valence-electron chi connectivity index (χ1n) is 10.3. The largest absolute Gasteiger partial charge is 0.481 e. The van der Waals surface area contributed by atoms with Crippen LogP contribution in [0.5, 0.6) is 0 Å². The Kier molecular flexibility index (Phi) is 6.62. The monoisotopic (exact) mass is 425 g/mol. The van der Waals surface area contributed by atoms with Gasteiger partial charge >= 0.3 is 5.97 Å². The van der Waals surface area contributed by atoms with Gasteiger partial charge in [0.15, 0.2) is 0 Å². The molecule has 0 fully saturated rings. The summed E-state index contributed by atoms with van der Waals surface area (Å²) in [5.74, 6) is -1.27. The van der Waals surface area contributed by atoms with Gasteiger partial charge < -0.3 is 19.9 Å². The quantitative estimate of drug-likeness (QED) is 0.480. The van der Waals surface area contributed by atoms with Crippen LogP contribution < -0.4 is 0 Å². The summed E-state index contributed by atoms with van der Waals surface area (Å²) in [6, 6.07) is 14.2. The predicted molar refractivity (Wildman–Crippen MR) is 120 cm³/mol. The summed E-state index contributed by atoms with van der Waals surface area (Å²) in [5, 5.41) is 30.7. The number of carbonyl (C=O) groups is 1. The fourth-order valence-electron chi connectivity index (χ4n) is 4.04. The van der Waals surface area contributed by atoms with E-state index in [2.05, 4.69) is 13.8 Å². The minimum absolute atomic E-state index is 0.108. The molecule has 2 unspecified atom stereocenters. The van der Waals surface area contributed by atoms with Gasteiger partial charge in [0.2, 0.25) is 0 Å². The molecule has 1 heterocycles. The molecule has 6 heteroatoms. The number of nitrogens with zero attached hydrogens (tertiary/aromatic N) is 1. The molecule has 0 saturated carbocycles. The Morgan fingerprint density at radius 2 is 1.81 bits per heavy atom. The Hall–Kier alpha value is -2.96. The molecule has 0 saturated heterocycles. The summed E-state index contributed by atoms with van der Waals surface area (Å²) in [4.78, 5) is 10.9. The van der Waals surface area contributed by atoms with Gasteiger partial charge in [-0.05, 0) is 54.8 Å². The molecule has 1 aromatic heterocycles. The van der Waals surface area contributed by atoms with Crippen LogP contribution in [-0.2, 0) is 4.79 Å². The van der Waals surface area contributed by atoms with Gasteiger partial charge in [-0.2, -0.15) is 0 Å². The van der Waals surface area contributed by atoms with Crippen LogP contribution in [0.4, 0.5) is 4.39 Å². The summed E-state index contributed by atoms with van der Waals surface area (Å²) in [6.07, 6.45) is 1.76. The topological polar surface area (TPSA) is 82.7 Å². The number of carboxylic acid groups (broad SMARTS) is 1. The van der Waals surface area contributed by atoms with Gasteiger partial charge in [-0.1, -0.05) is 38.1 Å². The van der Waals surface area contributed by atoms with E-state index in [1.165, 1.54) is 19.1 Å². The van der Waals surface area contributed by atoms with Crippen LogP contribution >= 0.6 is 0 Å². The zero-order valence-corrected chi connectivity index (χ0v) is 17.9. The molecule has 0 aliphatic rings. The fraction of sp³-hybridized carbons (Fsp3) is 0.320. The first kappa shape index (κ1) is 22.7. The number of rotatable bonds is 8. The highest BCUT2D eigenvalue weighted by molar-refractivity contribution is 5.90. The second-order valence-electron chi connectivity index (χ2n) is 8.48. The number of aliphatic carboxylic acids is 1. The lowest BCUT2D eigenvalue weighted by molar-refractivity contribution is -0.142. The van der Waals surface area contributed by atoms with Crippen molar-refractivity contribution in [2.45, 2.75) is 51.2 Å². The molecule has 0 bridgehead atoms. The molecule has 3 rings (SSSR count). The van der Waals surface area contributed by atoms with Gasteiger partial charge in [-0.15, -0.1) is 0 Å². The molecule has 5 nitrogen and oxygen atoms in total. The van der Waals surface area contributed by atoms with E-state index < -0.39 is 24.1 Å². The lowest BCUT2D eigenvalue weighted by atomic mass is 9.94. The minimum atomic E-state index is -1.53. The van der Waals surface area contributed by atoms with Gasteiger partial charge in [0.1, 0.15) is 5.82 Å². The van der Waals surface area contributed by atoms with Crippen molar-refractivity contribution < 1.29 is 24.5 Å². The highest BCUT2D eigenvalue weighted by atomic mass is 19.1. The van der Waals surface area contributed by atoms with Crippen molar-refractivity contribution in [2.24, 2.45) is 0 Å². The van der Waals surface area contributed by atoms with E-state index in [0.717, 1.165) is 27.8 Å². The zero-order chi connectivity index (χ0) is 22.8. The van der Waals surface area contributed by atoms with Gasteiger partial charge in [-0.25, -0.2) is 4.39 Å². The number of aliphatic hydroxyl groups excluding tert-OH is 1. The van der Waals surface area contributed by atoms with E-state index in [-0.39, 0.29) is 18.2 Å². The molecule has 164 valence electrons. The van der Waals surface area contributed by atoms with Crippen LogP contribution in [0.3, 0.4) is 0 Å². The van der Waals surface area contributed by atoms with E-state index in [1.807, 2.05) is 28.8 Å². The number of hydrogen-bond acceptors (Lipinski definition) is 3. The second-order valence-corrected chi connectivity index (χ2v) is 8.48. The summed E-state index contributed by atoms with van der Waals surface area (Å²) >= 11 is 0. The normalized spacial score (nSPS) is 14.9. The number of aromatic nitrogens is 1. The van der Waals surface area contributed by atoms with Crippen LogP contribution in [0.15, 0.2) is 54.6 Å². The predicted octanol–water partition coefficient (Wildman–Crippen LogP) is 4.88. The Labute approximate surface area is 181 Å². The molecular weight excluding hydrogens is 397 g/mol. The maximum absolute atomic E-state index is 13.5. The average molecular weight is 426 g/mol. The third-order valence-electron chi connectivity index (χ3n) is 5.27. The number of benzene rings is 2. The van der Waals surface area contributed by atoms with Crippen molar-refractivity contribution in [2.75, 3.05) is 0 Å². The molecule has 3 aromatic rings. The van der Waals surface area contributed by atoms with Gasteiger partial charge in [0.25, 0.3) is 0 Å². The van der Waals surface area contributed by atoms with E-state index in [0.29, 0.717) is 0 Å². The third-order valence-corrected chi connectivity index (χ3v) is 5.27. The van der Waals surface area contributed by atoms with Crippen LogP contribution in [-0.4, -0.2) is 37.6 Å².